The van der Waals surface area contributed by atoms with Crippen LogP contribution in [0.2, 0.25) is 0 Å². The van der Waals surface area contributed by atoms with E-state index in [0.29, 0.717) is 18.5 Å². The van der Waals surface area contributed by atoms with Gasteiger partial charge in [-0.15, -0.1) is 0 Å². The Labute approximate surface area is 244 Å². The number of fused-ring (bicyclic) bond motifs is 3. The highest BCUT2D eigenvalue weighted by atomic mass is 16.3. The summed E-state index contributed by atoms with van der Waals surface area (Å²) in [5.41, 5.74) is 5.97. The number of amides is 1. The van der Waals surface area contributed by atoms with E-state index in [-0.39, 0.29) is 17.1 Å². The maximum Gasteiger partial charge on any atom is 0.347 e. The van der Waals surface area contributed by atoms with Crippen molar-refractivity contribution in [3.63, 3.8) is 0 Å². The second-order valence-electron chi connectivity index (χ2n) is 11.5. The van der Waals surface area contributed by atoms with E-state index in [0.717, 1.165) is 83.8 Å². The van der Waals surface area contributed by atoms with Crippen LogP contribution < -0.4 is 16.0 Å². The average molecular weight is 565 g/mol. The summed E-state index contributed by atoms with van der Waals surface area (Å²) in [4.78, 5) is 28.7. The van der Waals surface area contributed by atoms with E-state index in [4.69, 9.17) is 0 Å². The van der Waals surface area contributed by atoms with Gasteiger partial charge >= 0.3 is 5.69 Å². The fraction of sp³-hybridized carbons (Fsp3) is 0.353. The summed E-state index contributed by atoms with van der Waals surface area (Å²) in [6, 6.07) is 22.6. The number of pyridine rings is 2. The van der Waals surface area contributed by atoms with Gasteiger partial charge in [0.2, 0.25) is 17.1 Å². The van der Waals surface area contributed by atoms with E-state index in [2.05, 4.69) is 69.9 Å². The zero-order chi connectivity index (χ0) is 29.1. The maximum atomic E-state index is 12.9. The van der Waals surface area contributed by atoms with Crippen molar-refractivity contribution in [3.05, 3.63) is 89.0 Å². The highest BCUT2D eigenvalue weighted by Crippen LogP contribution is 2.42. The molecule has 2 aromatic carbocycles. The van der Waals surface area contributed by atoms with Crippen LogP contribution >= 0.6 is 0 Å². The number of benzene rings is 2. The van der Waals surface area contributed by atoms with Gasteiger partial charge in [-0.05, 0) is 61.4 Å². The molecule has 216 valence electrons. The molecule has 3 heterocycles. The van der Waals surface area contributed by atoms with Crippen molar-refractivity contribution < 1.29 is 14.9 Å². The minimum Gasteiger partial charge on any atom is -0.393 e. The molecule has 1 aliphatic rings. The molecule has 1 aliphatic carbocycles. The zero-order valence-corrected chi connectivity index (χ0v) is 24.0. The molecular weight excluding hydrogens is 526 g/mol. The predicted octanol–water partition coefficient (Wildman–Crippen LogP) is 5.54. The lowest BCUT2D eigenvalue weighted by Crippen LogP contribution is -2.50. The lowest BCUT2D eigenvalue weighted by molar-refractivity contribution is -0.330. The summed E-state index contributed by atoms with van der Waals surface area (Å²) >= 11 is 0. The van der Waals surface area contributed by atoms with Gasteiger partial charge in [0.25, 0.3) is 0 Å². The Morgan fingerprint density at radius 1 is 1.07 bits per heavy atom. The van der Waals surface area contributed by atoms with Crippen molar-refractivity contribution in [2.24, 2.45) is 0 Å². The van der Waals surface area contributed by atoms with Gasteiger partial charge in [-0.3, -0.25) is 4.79 Å². The molecule has 8 nitrogen and oxygen atoms in total. The predicted molar refractivity (Wildman–Crippen MR) is 164 cm³/mol. The molecule has 0 aliphatic heterocycles. The van der Waals surface area contributed by atoms with E-state index < -0.39 is 6.10 Å². The molecule has 0 saturated heterocycles. The van der Waals surface area contributed by atoms with Crippen LogP contribution in [-0.4, -0.2) is 31.7 Å². The topological polar surface area (TPSA) is 114 Å². The second kappa shape index (κ2) is 11.9. The standard InChI is InChI=1S/C34H37N5O3/c1-2-3-5-11-26(40)16-17-30(41)36-34(19-8-20-34)25-14-12-24(13-15-25)31-27(23-9-6-4-7-10-23)22-28-29(35-31)18-21-39-32(28)37-38-33(39)42/h4,6-7,9-10,12-15,18,21-22,26,40H,2-3,5,8,11,16-17,19-20H2,1H3,(H,36,41)(H,38,42)/p+1. The van der Waals surface area contributed by atoms with Crippen molar-refractivity contribution >= 4 is 22.5 Å². The molecule has 6 rings (SSSR count). The molecule has 0 radical (unpaired) electrons. The number of carbonyl (C=O) groups is 1. The van der Waals surface area contributed by atoms with Crippen LogP contribution in [0.3, 0.4) is 0 Å². The van der Waals surface area contributed by atoms with E-state index in [1.54, 1.807) is 6.20 Å². The highest BCUT2D eigenvalue weighted by Gasteiger charge is 2.40. The van der Waals surface area contributed by atoms with Crippen LogP contribution in [-0.2, 0) is 10.3 Å². The number of aliphatic hydroxyl groups is 1. The number of nitrogens with zero attached hydrogens (tertiary/aromatic N) is 2. The van der Waals surface area contributed by atoms with Crippen LogP contribution in [0.5, 0.6) is 0 Å². The molecule has 3 aromatic heterocycles. The van der Waals surface area contributed by atoms with Gasteiger partial charge in [-0.25, -0.2) is 19.3 Å². The van der Waals surface area contributed by atoms with Crippen LogP contribution in [0, 0.1) is 0 Å². The van der Waals surface area contributed by atoms with Crippen molar-refractivity contribution in [1.29, 1.82) is 0 Å². The minimum atomic E-state index is -0.416. The summed E-state index contributed by atoms with van der Waals surface area (Å²) in [6.45, 7) is 2.15. The number of hydrogen-bond acceptors (Lipinski definition) is 4. The number of aromatic amines is 2. The summed E-state index contributed by atoms with van der Waals surface area (Å²) in [6.07, 6.45) is 9.05. The van der Waals surface area contributed by atoms with Gasteiger partial charge < -0.3 is 10.4 Å². The first-order valence-corrected chi connectivity index (χ1v) is 15.1. The van der Waals surface area contributed by atoms with E-state index in [9.17, 15) is 14.7 Å². The molecule has 1 saturated carbocycles. The number of aliphatic hydroxyl groups excluding tert-OH is 1. The van der Waals surface area contributed by atoms with E-state index in [1.807, 2.05) is 24.3 Å². The Morgan fingerprint density at radius 3 is 2.57 bits per heavy atom. The Bertz CT molecular complexity index is 1750. The first-order valence-electron chi connectivity index (χ1n) is 15.1. The van der Waals surface area contributed by atoms with Gasteiger partial charge in [-0.2, -0.15) is 5.10 Å². The third-order valence-corrected chi connectivity index (χ3v) is 8.69. The largest absolute Gasteiger partial charge is 0.393 e. The quantitative estimate of drug-likeness (QED) is 0.183. The van der Waals surface area contributed by atoms with Crippen LogP contribution in [0.4, 0.5) is 0 Å². The summed E-state index contributed by atoms with van der Waals surface area (Å²) in [5, 5.41) is 21.2. The van der Waals surface area contributed by atoms with Gasteiger partial charge in [-0.1, -0.05) is 68.7 Å². The fourth-order valence-electron chi connectivity index (χ4n) is 6.11. The molecular formula is C34H38N5O3+. The molecule has 1 atom stereocenters. The molecule has 8 heteroatoms. The summed E-state index contributed by atoms with van der Waals surface area (Å²) in [5.74, 6) is 0.00586. The third-order valence-electron chi connectivity index (χ3n) is 8.69. The molecule has 1 fully saturated rings. The smallest absolute Gasteiger partial charge is 0.347 e. The Balaban J connectivity index is 1.28. The Hall–Kier alpha value is -4.30. The summed E-state index contributed by atoms with van der Waals surface area (Å²) in [7, 11) is 0. The Kier molecular flexibility index (Phi) is 7.89. The first kappa shape index (κ1) is 27.8. The number of hydrogen-bond donors (Lipinski definition) is 3. The van der Waals surface area contributed by atoms with Crippen LogP contribution in [0.15, 0.2) is 77.7 Å². The van der Waals surface area contributed by atoms with Crippen molar-refractivity contribution in [1.82, 2.24) is 19.9 Å². The normalized spacial score (nSPS) is 15.0. The van der Waals surface area contributed by atoms with Crippen LogP contribution in [0.25, 0.3) is 38.9 Å². The maximum absolute atomic E-state index is 12.9. The third kappa shape index (κ3) is 5.46. The van der Waals surface area contributed by atoms with E-state index in [1.165, 1.54) is 4.40 Å². The van der Waals surface area contributed by atoms with Gasteiger partial charge in [0.15, 0.2) is 5.65 Å². The number of carbonyl (C=O) groups excluding carboxylic acids is 1. The molecule has 5 aromatic rings. The lowest BCUT2D eigenvalue weighted by Gasteiger charge is -2.43. The number of nitrogens with one attached hydrogen (secondary N) is 3. The second-order valence-corrected chi connectivity index (χ2v) is 11.5. The molecule has 1 unspecified atom stereocenters. The molecule has 0 bridgehead atoms. The van der Waals surface area contributed by atoms with E-state index >= 15 is 0 Å². The van der Waals surface area contributed by atoms with Crippen molar-refractivity contribution in [2.45, 2.75) is 76.4 Å². The Morgan fingerprint density at radius 2 is 1.86 bits per heavy atom. The number of H-pyrrole nitrogens is 2. The SMILES string of the molecule is CCCCCC(O)CCC(=O)NC1(c2ccc(-c3[nH+]c4ccn5c(=O)[nH]nc5c4cc3-c3ccccc3)cc2)CCC1. The molecule has 4 N–H and O–H groups in total. The number of unbranched alkanes of at least 4 members (excludes halogenated alkanes) is 2. The highest BCUT2D eigenvalue weighted by molar-refractivity contribution is 5.95. The molecule has 1 amide bonds. The lowest BCUT2D eigenvalue weighted by atomic mass is 9.71. The van der Waals surface area contributed by atoms with Gasteiger partial charge in [0, 0.05) is 24.2 Å². The average Bonchev–Trinajstić information content (AvgIpc) is 3.39. The summed E-state index contributed by atoms with van der Waals surface area (Å²) < 4.78 is 1.51. The van der Waals surface area contributed by atoms with Gasteiger partial charge in [0.05, 0.1) is 22.6 Å². The molecule has 42 heavy (non-hydrogen) atoms. The zero-order valence-electron chi connectivity index (χ0n) is 24.0. The fourth-order valence-corrected chi connectivity index (χ4v) is 6.11. The van der Waals surface area contributed by atoms with Crippen molar-refractivity contribution in [2.75, 3.05) is 0 Å². The van der Waals surface area contributed by atoms with Gasteiger partial charge in [0.1, 0.15) is 0 Å². The minimum absolute atomic E-state index is 0.00586. The monoisotopic (exact) mass is 564 g/mol. The first-order chi connectivity index (χ1) is 20.5. The van der Waals surface area contributed by atoms with Crippen LogP contribution in [0.1, 0.15) is 70.3 Å². The number of rotatable bonds is 11. The van der Waals surface area contributed by atoms with Crippen molar-refractivity contribution in [3.8, 4) is 22.4 Å². The number of aromatic nitrogens is 4. The molecule has 0 spiro atoms.